The van der Waals surface area contributed by atoms with Gasteiger partial charge in [0.2, 0.25) is 0 Å². The van der Waals surface area contributed by atoms with Gasteiger partial charge < -0.3 is 4.42 Å². The predicted octanol–water partition coefficient (Wildman–Crippen LogP) is 12.0. The van der Waals surface area contributed by atoms with Crippen molar-refractivity contribution in [3.63, 3.8) is 0 Å². The van der Waals surface area contributed by atoms with Crippen molar-refractivity contribution in [1.82, 2.24) is 15.0 Å². The van der Waals surface area contributed by atoms with Gasteiger partial charge in [0.1, 0.15) is 11.2 Å². The highest BCUT2D eigenvalue weighted by atomic mass is 16.3. The number of nitrogens with zero attached hydrogens (tertiary/aromatic N) is 3. The molecule has 0 aliphatic rings. The average Bonchev–Trinajstić information content (AvgIpc) is 3.56. The van der Waals surface area contributed by atoms with Crippen molar-refractivity contribution in [2.45, 2.75) is 0 Å². The van der Waals surface area contributed by atoms with Crippen molar-refractivity contribution in [3.8, 4) is 34.2 Å². The van der Waals surface area contributed by atoms with E-state index in [-0.39, 0.29) is 0 Å². The molecule has 0 aliphatic heterocycles. The molecule has 0 N–H and O–H groups in total. The molecule has 4 heteroatoms. The molecule has 0 spiro atoms. The first-order chi connectivity index (χ1) is 24.3. The first kappa shape index (κ1) is 26.4. The number of furan rings is 1. The van der Waals surface area contributed by atoms with Crippen LogP contribution in [0.3, 0.4) is 0 Å². The second kappa shape index (κ2) is 9.93. The molecule has 4 nitrogen and oxygen atoms in total. The molecule has 0 saturated heterocycles. The summed E-state index contributed by atoms with van der Waals surface area (Å²) in [5.41, 5.74) is 4.71. The SMILES string of the molecule is c1ccc(-c2nc(-c3cccc4ccccc34)nc(-c3ccc4c5cc(c6ccccc6c35)c3cccc5oc6cccc4c6c53)n2)cc1. The summed E-state index contributed by atoms with van der Waals surface area (Å²) in [7, 11) is 0. The number of aromatic nitrogens is 3. The fourth-order valence-electron chi connectivity index (χ4n) is 7.93. The minimum atomic E-state index is 0.646. The Balaban J connectivity index is 1.31. The standard InChI is InChI=1S/C45H25N3O/c1-2-12-27(13-3-1)43-46-44(34-20-8-14-26-11-4-5-15-28(26)34)48-45(47-43)35-24-23-30-32-18-9-21-38-41(32)42-33(19-10-22-39(42)49-38)36-25-37(30)40(35)31-17-7-6-16-29(31)36/h1-25H. The van der Waals surface area contributed by atoms with Crippen LogP contribution in [0.5, 0.6) is 0 Å². The Bertz CT molecular complexity index is 3100. The molecule has 226 valence electrons. The summed E-state index contributed by atoms with van der Waals surface area (Å²) in [6.45, 7) is 0. The van der Waals surface area contributed by atoms with E-state index in [2.05, 4.69) is 133 Å². The van der Waals surface area contributed by atoms with Gasteiger partial charge in [0, 0.05) is 32.8 Å². The average molecular weight is 624 g/mol. The van der Waals surface area contributed by atoms with E-state index in [1.165, 1.54) is 26.9 Å². The van der Waals surface area contributed by atoms with Crippen molar-refractivity contribution >= 4 is 75.8 Å². The Morgan fingerprint density at radius 1 is 0.327 bits per heavy atom. The maximum absolute atomic E-state index is 6.46. The largest absolute Gasteiger partial charge is 0.456 e. The monoisotopic (exact) mass is 623 g/mol. The lowest BCUT2D eigenvalue weighted by atomic mass is 9.88. The van der Waals surface area contributed by atoms with E-state index >= 15 is 0 Å². The zero-order valence-electron chi connectivity index (χ0n) is 26.2. The fraction of sp³-hybridized carbons (Fsp3) is 0. The van der Waals surface area contributed by atoms with Gasteiger partial charge in [0.15, 0.2) is 17.5 Å². The number of hydrogen-bond acceptors (Lipinski definition) is 4. The molecular formula is C45H25N3O. The van der Waals surface area contributed by atoms with Crippen LogP contribution in [0, 0.1) is 0 Å². The van der Waals surface area contributed by atoms with E-state index in [1.54, 1.807) is 0 Å². The second-order valence-corrected chi connectivity index (χ2v) is 12.7. The molecule has 0 amide bonds. The maximum atomic E-state index is 6.46. The third-order valence-electron chi connectivity index (χ3n) is 10.1. The summed E-state index contributed by atoms with van der Waals surface area (Å²) in [6, 6.07) is 53.2. The summed E-state index contributed by atoms with van der Waals surface area (Å²) in [6.07, 6.45) is 0. The van der Waals surface area contributed by atoms with Crippen LogP contribution >= 0.6 is 0 Å². The lowest BCUT2D eigenvalue weighted by Crippen LogP contribution is -2.01. The van der Waals surface area contributed by atoms with Gasteiger partial charge in [-0.1, -0.05) is 127 Å². The molecule has 2 heterocycles. The van der Waals surface area contributed by atoms with Crippen molar-refractivity contribution in [1.29, 1.82) is 0 Å². The van der Waals surface area contributed by atoms with Crippen molar-refractivity contribution in [2.75, 3.05) is 0 Å². The van der Waals surface area contributed by atoms with Gasteiger partial charge in [-0.25, -0.2) is 15.0 Å². The Morgan fingerprint density at radius 3 is 1.67 bits per heavy atom. The van der Waals surface area contributed by atoms with Crippen LogP contribution in [0.2, 0.25) is 0 Å². The van der Waals surface area contributed by atoms with Crippen LogP contribution in [0.4, 0.5) is 0 Å². The van der Waals surface area contributed by atoms with E-state index in [0.717, 1.165) is 65.6 Å². The van der Waals surface area contributed by atoms with E-state index in [4.69, 9.17) is 19.4 Å². The number of rotatable bonds is 3. The summed E-state index contributed by atoms with van der Waals surface area (Å²) in [5.74, 6) is 1.94. The normalized spacial score (nSPS) is 12.1. The second-order valence-electron chi connectivity index (χ2n) is 12.7. The molecule has 0 saturated carbocycles. The van der Waals surface area contributed by atoms with E-state index in [1.807, 2.05) is 18.2 Å². The molecule has 9 aromatic carbocycles. The van der Waals surface area contributed by atoms with Crippen LogP contribution in [0.1, 0.15) is 0 Å². The van der Waals surface area contributed by atoms with Crippen LogP contribution < -0.4 is 0 Å². The third kappa shape index (κ3) is 3.77. The molecule has 11 aromatic rings. The van der Waals surface area contributed by atoms with Crippen molar-refractivity contribution < 1.29 is 4.42 Å². The van der Waals surface area contributed by atoms with Crippen molar-refractivity contribution in [2.24, 2.45) is 0 Å². The number of hydrogen-bond donors (Lipinski definition) is 0. The highest BCUT2D eigenvalue weighted by Gasteiger charge is 2.21. The van der Waals surface area contributed by atoms with Gasteiger partial charge in [-0.15, -0.1) is 0 Å². The molecule has 0 aliphatic carbocycles. The lowest BCUT2D eigenvalue weighted by Gasteiger charge is -2.16. The summed E-state index contributed by atoms with van der Waals surface area (Å²) in [4.78, 5) is 15.6. The van der Waals surface area contributed by atoms with Gasteiger partial charge in [0.25, 0.3) is 0 Å². The maximum Gasteiger partial charge on any atom is 0.164 e. The Kier molecular flexibility index (Phi) is 5.35. The Hall–Kier alpha value is -6.65. The highest BCUT2D eigenvalue weighted by molar-refractivity contribution is 6.35. The Morgan fingerprint density at radius 2 is 0.878 bits per heavy atom. The van der Waals surface area contributed by atoms with Gasteiger partial charge in [-0.2, -0.15) is 0 Å². The van der Waals surface area contributed by atoms with Gasteiger partial charge in [-0.3, -0.25) is 0 Å². The molecule has 0 radical (unpaired) electrons. The molecule has 2 aromatic heterocycles. The molecule has 0 unspecified atom stereocenters. The molecule has 49 heavy (non-hydrogen) atoms. The van der Waals surface area contributed by atoms with Crippen LogP contribution in [0.15, 0.2) is 156 Å². The Labute approximate surface area is 280 Å². The summed E-state index contributed by atoms with van der Waals surface area (Å²) < 4.78 is 6.46. The smallest absolute Gasteiger partial charge is 0.164 e. The van der Waals surface area contributed by atoms with Gasteiger partial charge in [0.05, 0.1) is 0 Å². The minimum Gasteiger partial charge on any atom is -0.456 e. The van der Waals surface area contributed by atoms with E-state index in [0.29, 0.717) is 17.5 Å². The molecular weight excluding hydrogens is 599 g/mol. The van der Waals surface area contributed by atoms with Crippen molar-refractivity contribution in [3.05, 3.63) is 152 Å². The summed E-state index contributed by atoms with van der Waals surface area (Å²) >= 11 is 0. The summed E-state index contributed by atoms with van der Waals surface area (Å²) in [5, 5.41) is 13.9. The predicted molar refractivity (Wildman–Crippen MR) is 202 cm³/mol. The minimum absolute atomic E-state index is 0.646. The first-order valence-electron chi connectivity index (χ1n) is 16.5. The van der Waals surface area contributed by atoms with Crippen LogP contribution in [-0.4, -0.2) is 15.0 Å². The highest BCUT2D eigenvalue weighted by Crippen LogP contribution is 2.46. The molecule has 0 atom stereocenters. The van der Waals surface area contributed by atoms with E-state index < -0.39 is 0 Å². The van der Waals surface area contributed by atoms with E-state index in [9.17, 15) is 0 Å². The third-order valence-corrected chi connectivity index (χ3v) is 10.1. The molecule has 0 fully saturated rings. The first-order valence-corrected chi connectivity index (χ1v) is 16.5. The number of benzene rings is 8. The zero-order valence-corrected chi connectivity index (χ0v) is 26.2. The van der Waals surface area contributed by atoms with Gasteiger partial charge >= 0.3 is 0 Å². The van der Waals surface area contributed by atoms with Crippen LogP contribution in [-0.2, 0) is 0 Å². The lowest BCUT2D eigenvalue weighted by molar-refractivity contribution is 0.669. The quantitative estimate of drug-likeness (QED) is 0.184. The van der Waals surface area contributed by atoms with Gasteiger partial charge in [-0.05, 0) is 72.7 Å². The molecule has 4 bridgehead atoms. The van der Waals surface area contributed by atoms with Crippen LogP contribution in [0.25, 0.3) is 110 Å². The molecule has 11 rings (SSSR count). The topological polar surface area (TPSA) is 51.8 Å². The number of fused-ring (bicyclic) bond motifs is 3. The fourth-order valence-corrected chi connectivity index (χ4v) is 7.93. The zero-order chi connectivity index (χ0) is 32.1.